The van der Waals surface area contributed by atoms with Gasteiger partial charge in [0.1, 0.15) is 5.75 Å². The number of hydrogen-bond donors (Lipinski definition) is 3. The molecule has 4 fully saturated rings. The van der Waals surface area contributed by atoms with E-state index < -0.39 is 0 Å². The van der Waals surface area contributed by atoms with Crippen LogP contribution in [-0.2, 0) is 9.59 Å². The first kappa shape index (κ1) is 18.3. The van der Waals surface area contributed by atoms with E-state index in [4.69, 9.17) is 4.74 Å². The van der Waals surface area contributed by atoms with Crippen LogP contribution in [0.1, 0.15) is 45.4 Å². The number of quaternary nitrogens is 1. The summed E-state index contributed by atoms with van der Waals surface area (Å²) in [6.07, 6.45) is 8.04. The van der Waals surface area contributed by atoms with Crippen molar-refractivity contribution in [2.24, 2.45) is 17.8 Å². The SMILES string of the molecule is COc1ccc(NC(C)=O)cc1NC(=O)C[NH2+]C12CC3CC(CC(C3)C1)C2. The highest BCUT2D eigenvalue weighted by Crippen LogP contribution is 2.54. The number of hydrogen-bond acceptors (Lipinski definition) is 3. The molecule has 2 amide bonds. The molecule has 6 heteroatoms. The van der Waals surface area contributed by atoms with Crippen molar-refractivity contribution in [1.29, 1.82) is 0 Å². The molecule has 0 unspecified atom stereocenters. The molecule has 1 aromatic rings. The van der Waals surface area contributed by atoms with Crippen LogP contribution in [-0.4, -0.2) is 31.0 Å². The normalized spacial score (nSPS) is 30.8. The monoisotopic (exact) mass is 372 g/mol. The summed E-state index contributed by atoms with van der Waals surface area (Å²) in [7, 11) is 1.57. The Kier molecular flexibility index (Phi) is 4.84. The van der Waals surface area contributed by atoms with Crippen molar-refractivity contribution < 1.29 is 19.6 Å². The molecule has 4 saturated carbocycles. The van der Waals surface area contributed by atoms with Crippen LogP contribution < -0.4 is 20.7 Å². The van der Waals surface area contributed by atoms with E-state index in [9.17, 15) is 9.59 Å². The first-order valence-corrected chi connectivity index (χ1v) is 10.0. The number of methoxy groups -OCH3 is 1. The molecule has 6 nitrogen and oxygen atoms in total. The van der Waals surface area contributed by atoms with Gasteiger partial charge in [0.2, 0.25) is 5.91 Å². The Morgan fingerprint density at radius 2 is 1.74 bits per heavy atom. The topological polar surface area (TPSA) is 84.0 Å². The van der Waals surface area contributed by atoms with Crippen LogP contribution in [0.15, 0.2) is 18.2 Å². The van der Waals surface area contributed by atoms with Crippen LogP contribution in [0.25, 0.3) is 0 Å². The Morgan fingerprint density at radius 1 is 1.11 bits per heavy atom. The quantitative estimate of drug-likeness (QED) is 0.715. The van der Waals surface area contributed by atoms with E-state index in [1.807, 2.05) is 0 Å². The van der Waals surface area contributed by atoms with Gasteiger partial charge in [-0.15, -0.1) is 0 Å². The first-order chi connectivity index (χ1) is 12.9. The van der Waals surface area contributed by atoms with E-state index >= 15 is 0 Å². The lowest BCUT2D eigenvalue weighted by molar-refractivity contribution is -0.729. The lowest BCUT2D eigenvalue weighted by Gasteiger charge is -2.54. The minimum atomic E-state index is -0.146. The van der Waals surface area contributed by atoms with Crippen molar-refractivity contribution in [3.63, 3.8) is 0 Å². The molecule has 4 aliphatic carbocycles. The van der Waals surface area contributed by atoms with E-state index in [1.165, 1.54) is 45.4 Å². The van der Waals surface area contributed by atoms with E-state index in [1.54, 1.807) is 25.3 Å². The fourth-order valence-corrected chi connectivity index (χ4v) is 6.02. The van der Waals surface area contributed by atoms with Crippen molar-refractivity contribution >= 4 is 23.2 Å². The van der Waals surface area contributed by atoms with E-state index in [0.29, 0.717) is 23.7 Å². The molecule has 4 bridgehead atoms. The third-order valence-corrected chi connectivity index (χ3v) is 6.60. The maximum Gasteiger partial charge on any atom is 0.279 e. The lowest BCUT2D eigenvalue weighted by Crippen LogP contribution is -3.00. The van der Waals surface area contributed by atoms with Gasteiger partial charge in [-0.05, 0) is 55.2 Å². The predicted molar refractivity (Wildman–Crippen MR) is 104 cm³/mol. The molecule has 146 valence electrons. The number of ether oxygens (including phenoxy) is 1. The minimum absolute atomic E-state index is 0.0241. The molecule has 0 radical (unpaired) electrons. The minimum Gasteiger partial charge on any atom is -0.495 e. The molecule has 0 saturated heterocycles. The Bertz CT molecular complexity index is 711. The highest BCUT2D eigenvalue weighted by molar-refractivity contribution is 5.95. The summed E-state index contributed by atoms with van der Waals surface area (Å²) in [6, 6.07) is 5.25. The Morgan fingerprint density at radius 3 is 2.30 bits per heavy atom. The van der Waals surface area contributed by atoms with Crippen molar-refractivity contribution in [1.82, 2.24) is 0 Å². The first-order valence-electron chi connectivity index (χ1n) is 10.0. The zero-order chi connectivity index (χ0) is 19.0. The molecule has 0 atom stereocenters. The molecule has 4 N–H and O–H groups in total. The second-order valence-corrected chi connectivity index (χ2v) is 8.83. The zero-order valence-corrected chi connectivity index (χ0v) is 16.2. The maximum absolute atomic E-state index is 12.6. The summed E-state index contributed by atoms with van der Waals surface area (Å²) in [6.45, 7) is 1.89. The van der Waals surface area contributed by atoms with Gasteiger partial charge < -0.3 is 20.7 Å². The fraction of sp³-hybridized carbons (Fsp3) is 0.619. The summed E-state index contributed by atoms with van der Waals surface area (Å²) < 4.78 is 5.35. The van der Waals surface area contributed by atoms with Gasteiger partial charge in [0.15, 0.2) is 6.54 Å². The van der Waals surface area contributed by atoms with Crippen LogP contribution in [0.2, 0.25) is 0 Å². The predicted octanol–water partition coefficient (Wildman–Crippen LogP) is 2.12. The fourth-order valence-electron chi connectivity index (χ4n) is 6.02. The van der Waals surface area contributed by atoms with Crippen LogP contribution in [0.3, 0.4) is 0 Å². The largest absolute Gasteiger partial charge is 0.495 e. The van der Waals surface area contributed by atoms with Crippen molar-refractivity contribution in [2.75, 3.05) is 24.3 Å². The molecule has 0 aliphatic heterocycles. The molecule has 0 aromatic heterocycles. The number of nitrogens with one attached hydrogen (secondary N) is 2. The van der Waals surface area contributed by atoms with Crippen LogP contribution in [0.5, 0.6) is 5.75 Å². The van der Waals surface area contributed by atoms with Crippen molar-refractivity contribution in [2.45, 2.75) is 51.0 Å². The molecule has 1 aromatic carbocycles. The van der Waals surface area contributed by atoms with Gasteiger partial charge in [0.25, 0.3) is 5.91 Å². The van der Waals surface area contributed by atoms with Crippen LogP contribution >= 0.6 is 0 Å². The Balaban J connectivity index is 1.39. The number of carbonyl (C=O) groups excluding carboxylic acids is 2. The summed E-state index contributed by atoms with van der Waals surface area (Å²) in [5, 5.41) is 8.00. The molecular formula is C21H30N3O3+. The number of anilines is 2. The summed E-state index contributed by atoms with van der Waals surface area (Å²) in [5.41, 5.74) is 1.52. The van der Waals surface area contributed by atoms with Gasteiger partial charge in [-0.2, -0.15) is 0 Å². The molecule has 27 heavy (non-hydrogen) atoms. The maximum atomic E-state index is 12.6. The smallest absolute Gasteiger partial charge is 0.279 e. The zero-order valence-electron chi connectivity index (χ0n) is 16.2. The number of carbonyl (C=O) groups is 2. The van der Waals surface area contributed by atoms with Crippen LogP contribution in [0, 0.1) is 17.8 Å². The molecule has 4 aliphatic rings. The second-order valence-electron chi connectivity index (χ2n) is 8.83. The summed E-state index contributed by atoms with van der Waals surface area (Å²) in [5.74, 6) is 3.06. The average molecular weight is 372 g/mol. The van der Waals surface area contributed by atoms with Crippen molar-refractivity contribution in [3.05, 3.63) is 18.2 Å². The number of nitrogens with two attached hydrogens (primary N) is 1. The van der Waals surface area contributed by atoms with Gasteiger partial charge in [-0.25, -0.2) is 0 Å². The van der Waals surface area contributed by atoms with E-state index in [-0.39, 0.29) is 17.4 Å². The van der Waals surface area contributed by atoms with E-state index in [2.05, 4.69) is 16.0 Å². The third kappa shape index (κ3) is 3.95. The number of amides is 2. The third-order valence-electron chi connectivity index (χ3n) is 6.60. The van der Waals surface area contributed by atoms with Gasteiger partial charge in [0, 0.05) is 31.9 Å². The molecule has 0 heterocycles. The van der Waals surface area contributed by atoms with Gasteiger partial charge >= 0.3 is 0 Å². The van der Waals surface area contributed by atoms with E-state index in [0.717, 1.165) is 17.8 Å². The van der Waals surface area contributed by atoms with Gasteiger partial charge in [-0.3, -0.25) is 9.59 Å². The summed E-state index contributed by atoms with van der Waals surface area (Å²) in [4.78, 5) is 23.9. The van der Waals surface area contributed by atoms with Crippen molar-refractivity contribution in [3.8, 4) is 5.75 Å². The highest BCUT2D eigenvalue weighted by atomic mass is 16.5. The Hall–Kier alpha value is -2.08. The number of benzene rings is 1. The molecule has 0 spiro atoms. The molecule has 5 rings (SSSR count). The lowest BCUT2D eigenvalue weighted by atomic mass is 9.53. The standard InChI is InChI=1S/C21H29N3O3/c1-13(25)23-17-3-4-19(27-2)18(8-17)24-20(26)12-22-21-9-14-5-15(10-21)7-16(6-14)11-21/h3-4,8,14-16,22H,5-7,9-12H2,1-2H3,(H,23,25)(H,24,26)/p+1. The second kappa shape index (κ2) is 7.15. The molecular weight excluding hydrogens is 342 g/mol. The number of rotatable bonds is 6. The van der Waals surface area contributed by atoms with Gasteiger partial charge in [-0.1, -0.05) is 0 Å². The average Bonchev–Trinajstić information content (AvgIpc) is 2.59. The van der Waals surface area contributed by atoms with Gasteiger partial charge in [0.05, 0.1) is 18.3 Å². The highest BCUT2D eigenvalue weighted by Gasteiger charge is 2.53. The van der Waals surface area contributed by atoms with Crippen LogP contribution in [0.4, 0.5) is 11.4 Å². The summed E-state index contributed by atoms with van der Waals surface area (Å²) >= 11 is 0. The Labute approximate surface area is 160 Å².